The van der Waals surface area contributed by atoms with E-state index in [0.29, 0.717) is 27.2 Å². The number of carboxylic acid groups (broad SMARTS) is 1. The molecule has 1 aliphatic rings. The molecular weight excluding hydrogens is 407 g/mol. The van der Waals surface area contributed by atoms with Gasteiger partial charge in [0.05, 0.1) is 5.92 Å². The Labute approximate surface area is 170 Å². The van der Waals surface area contributed by atoms with Crippen LogP contribution >= 0.6 is 23.2 Å². The quantitative estimate of drug-likeness (QED) is 0.742. The van der Waals surface area contributed by atoms with Crippen LogP contribution in [0.2, 0.25) is 10.0 Å². The largest absolute Gasteiger partial charge is 0.484 e. The van der Waals surface area contributed by atoms with Gasteiger partial charge in [-0.05, 0) is 42.5 Å². The summed E-state index contributed by atoms with van der Waals surface area (Å²) in [6.45, 7) is -0.0911. The predicted octanol–water partition coefficient (Wildman–Crippen LogP) is 3.45. The molecule has 3 rings (SSSR count). The van der Waals surface area contributed by atoms with Gasteiger partial charge in [-0.25, -0.2) is 0 Å². The number of carbonyl (C=O) groups is 3. The number of benzene rings is 2. The van der Waals surface area contributed by atoms with Crippen molar-refractivity contribution in [1.29, 1.82) is 0 Å². The van der Waals surface area contributed by atoms with Crippen molar-refractivity contribution in [3.63, 3.8) is 0 Å². The van der Waals surface area contributed by atoms with Gasteiger partial charge in [0, 0.05) is 34.4 Å². The van der Waals surface area contributed by atoms with E-state index in [0.717, 1.165) is 0 Å². The number of hydrogen-bond acceptors (Lipinski definition) is 4. The van der Waals surface area contributed by atoms with Gasteiger partial charge in [-0.1, -0.05) is 23.2 Å². The third-order valence-electron chi connectivity index (χ3n) is 4.14. The molecule has 0 radical (unpaired) electrons. The predicted molar refractivity (Wildman–Crippen MR) is 105 cm³/mol. The summed E-state index contributed by atoms with van der Waals surface area (Å²) in [6.07, 6.45) is -0.0126. The van der Waals surface area contributed by atoms with Crippen molar-refractivity contribution < 1.29 is 24.2 Å². The van der Waals surface area contributed by atoms with Crippen LogP contribution in [0.5, 0.6) is 5.75 Å². The van der Waals surface area contributed by atoms with Gasteiger partial charge >= 0.3 is 5.97 Å². The highest BCUT2D eigenvalue weighted by molar-refractivity contribution is 6.35. The van der Waals surface area contributed by atoms with Gasteiger partial charge in [0.25, 0.3) is 5.91 Å². The van der Waals surface area contributed by atoms with Crippen molar-refractivity contribution in [2.75, 3.05) is 23.4 Å². The molecule has 0 aliphatic carbocycles. The lowest BCUT2D eigenvalue weighted by Crippen LogP contribution is -2.25. The molecule has 0 unspecified atom stereocenters. The molecule has 2 aromatic carbocycles. The van der Waals surface area contributed by atoms with Crippen LogP contribution in [0.3, 0.4) is 0 Å². The lowest BCUT2D eigenvalue weighted by atomic mass is 10.1. The highest BCUT2D eigenvalue weighted by Gasteiger charge is 2.34. The highest BCUT2D eigenvalue weighted by atomic mass is 35.5. The molecule has 1 saturated heterocycles. The standard InChI is InChI=1S/C19H16Cl2N2O5/c20-12-6-13(21)8-14(7-12)22-17(24)10-28-16-3-1-15(2-4-16)23-9-11(19(26)27)5-18(23)25/h1-4,6-8,11H,5,9-10H2,(H,22,24)(H,26,27)/t11-/m1/s1. The van der Waals surface area contributed by atoms with Gasteiger partial charge in [-0.3, -0.25) is 14.4 Å². The first kappa shape index (κ1) is 20.0. The topological polar surface area (TPSA) is 95.9 Å². The van der Waals surface area contributed by atoms with Crippen LogP contribution in [-0.4, -0.2) is 36.0 Å². The molecule has 0 bridgehead atoms. The van der Waals surface area contributed by atoms with Crippen LogP contribution in [0.15, 0.2) is 42.5 Å². The summed E-state index contributed by atoms with van der Waals surface area (Å²) in [5.74, 6) is -1.87. The van der Waals surface area contributed by atoms with Crippen molar-refractivity contribution in [1.82, 2.24) is 0 Å². The normalized spacial score (nSPS) is 16.1. The van der Waals surface area contributed by atoms with Crippen molar-refractivity contribution >= 4 is 52.4 Å². The van der Waals surface area contributed by atoms with Gasteiger partial charge in [-0.2, -0.15) is 0 Å². The maximum atomic E-state index is 12.0. The minimum absolute atomic E-state index is 0.0126. The van der Waals surface area contributed by atoms with E-state index in [-0.39, 0.29) is 31.4 Å². The van der Waals surface area contributed by atoms with E-state index in [4.69, 9.17) is 33.0 Å². The zero-order valence-electron chi connectivity index (χ0n) is 14.5. The molecule has 2 amide bonds. The first-order valence-corrected chi connectivity index (χ1v) is 9.09. The summed E-state index contributed by atoms with van der Waals surface area (Å²) in [4.78, 5) is 36.4. The Morgan fingerprint density at radius 2 is 1.79 bits per heavy atom. The summed E-state index contributed by atoms with van der Waals surface area (Å²) < 4.78 is 5.43. The zero-order valence-corrected chi connectivity index (χ0v) is 16.0. The van der Waals surface area contributed by atoms with Crippen LogP contribution in [-0.2, 0) is 14.4 Å². The molecule has 1 aliphatic heterocycles. The fourth-order valence-electron chi connectivity index (χ4n) is 2.82. The number of halogens is 2. The average molecular weight is 423 g/mol. The summed E-state index contributed by atoms with van der Waals surface area (Å²) in [5.41, 5.74) is 1.04. The number of ether oxygens (including phenoxy) is 1. The number of anilines is 2. The number of nitrogens with zero attached hydrogens (tertiary/aromatic N) is 1. The van der Waals surface area contributed by atoms with E-state index < -0.39 is 11.9 Å². The molecule has 2 N–H and O–H groups in total. The van der Waals surface area contributed by atoms with Crippen molar-refractivity contribution in [2.45, 2.75) is 6.42 Å². The molecule has 9 heteroatoms. The fraction of sp³-hybridized carbons (Fsp3) is 0.211. The molecular formula is C19H16Cl2N2O5. The van der Waals surface area contributed by atoms with Gasteiger partial charge < -0.3 is 20.1 Å². The molecule has 0 spiro atoms. The van der Waals surface area contributed by atoms with Crippen LogP contribution in [0, 0.1) is 5.92 Å². The molecule has 1 fully saturated rings. The van der Waals surface area contributed by atoms with E-state index in [2.05, 4.69) is 5.32 Å². The van der Waals surface area contributed by atoms with E-state index >= 15 is 0 Å². The van der Waals surface area contributed by atoms with Crippen LogP contribution in [0.1, 0.15) is 6.42 Å². The van der Waals surface area contributed by atoms with Crippen LogP contribution < -0.4 is 15.0 Å². The molecule has 1 atom stereocenters. The Bertz CT molecular complexity index is 897. The molecule has 7 nitrogen and oxygen atoms in total. The Morgan fingerprint density at radius 3 is 2.36 bits per heavy atom. The molecule has 28 heavy (non-hydrogen) atoms. The SMILES string of the molecule is O=C(COc1ccc(N2C[C@H](C(=O)O)CC2=O)cc1)Nc1cc(Cl)cc(Cl)c1. The van der Waals surface area contributed by atoms with E-state index in [1.54, 1.807) is 42.5 Å². The van der Waals surface area contributed by atoms with Gasteiger partial charge in [0.15, 0.2) is 6.61 Å². The van der Waals surface area contributed by atoms with E-state index in [9.17, 15) is 14.4 Å². The van der Waals surface area contributed by atoms with E-state index in [1.807, 2.05) is 0 Å². The summed E-state index contributed by atoms with van der Waals surface area (Å²) in [5, 5.41) is 12.5. The van der Waals surface area contributed by atoms with Crippen LogP contribution in [0.25, 0.3) is 0 Å². The Kier molecular flexibility index (Phi) is 6.06. The lowest BCUT2D eigenvalue weighted by molar-refractivity contribution is -0.141. The summed E-state index contributed by atoms with van der Waals surface area (Å²) in [6, 6.07) is 11.2. The average Bonchev–Trinajstić information content (AvgIpc) is 3.02. The molecule has 0 saturated carbocycles. The Morgan fingerprint density at radius 1 is 1.14 bits per heavy atom. The van der Waals surface area contributed by atoms with Gasteiger partial charge in [0.2, 0.25) is 5.91 Å². The maximum absolute atomic E-state index is 12.0. The minimum Gasteiger partial charge on any atom is -0.484 e. The fourth-order valence-corrected chi connectivity index (χ4v) is 3.34. The third kappa shape index (κ3) is 4.94. The monoisotopic (exact) mass is 422 g/mol. The molecule has 2 aromatic rings. The number of amides is 2. The molecule has 1 heterocycles. The van der Waals surface area contributed by atoms with E-state index in [1.165, 1.54) is 4.90 Å². The number of carboxylic acids is 1. The number of hydrogen-bond donors (Lipinski definition) is 2. The number of rotatable bonds is 6. The van der Waals surface area contributed by atoms with Gasteiger partial charge in [-0.15, -0.1) is 0 Å². The minimum atomic E-state index is -0.984. The Balaban J connectivity index is 1.55. The second-order valence-corrected chi connectivity index (χ2v) is 7.11. The number of carbonyl (C=O) groups excluding carboxylic acids is 2. The molecule has 0 aromatic heterocycles. The summed E-state index contributed by atoms with van der Waals surface area (Å²) in [7, 11) is 0. The zero-order chi connectivity index (χ0) is 20.3. The van der Waals surface area contributed by atoms with Crippen LogP contribution in [0.4, 0.5) is 11.4 Å². The highest BCUT2D eigenvalue weighted by Crippen LogP contribution is 2.27. The smallest absolute Gasteiger partial charge is 0.308 e. The second kappa shape index (κ2) is 8.50. The maximum Gasteiger partial charge on any atom is 0.308 e. The lowest BCUT2D eigenvalue weighted by Gasteiger charge is -2.16. The number of nitrogens with one attached hydrogen (secondary N) is 1. The van der Waals surface area contributed by atoms with Crippen molar-refractivity contribution in [3.05, 3.63) is 52.5 Å². The third-order valence-corrected chi connectivity index (χ3v) is 4.58. The van der Waals surface area contributed by atoms with Crippen molar-refractivity contribution in [3.8, 4) is 5.75 Å². The molecule has 146 valence electrons. The van der Waals surface area contributed by atoms with Crippen molar-refractivity contribution in [2.24, 2.45) is 5.92 Å². The Hall–Kier alpha value is -2.77. The first-order chi connectivity index (χ1) is 13.3. The van der Waals surface area contributed by atoms with Gasteiger partial charge in [0.1, 0.15) is 5.75 Å². The second-order valence-electron chi connectivity index (χ2n) is 6.23. The first-order valence-electron chi connectivity index (χ1n) is 8.34. The summed E-state index contributed by atoms with van der Waals surface area (Å²) >= 11 is 11.8. The number of aliphatic carboxylic acids is 1.